The van der Waals surface area contributed by atoms with Crippen molar-refractivity contribution in [1.29, 1.82) is 0 Å². The number of nitrogens with one attached hydrogen (secondary N) is 1. The fourth-order valence-electron chi connectivity index (χ4n) is 1.75. The van der Waals surface area contributed by atoms with Gasteiger partial charge in [0.25, 0.3) is 0 Å². The molecule has 3 heteroatoms. The third-order valence-electron chi connectivity index (χ3n) is 2.88. The predicted octanol–water partition coefficient (Wildman–Crippen LogP) is 3.17. The summed E-state index contributed by atoms with van der Waals surface area (Å²) in [6.07, 6.45) is 3.78. The Morgan fingerprint density at radius 3 is 2.67 bits per heavy atom. The van der Waals surface area contributed by atoms with Crippen molar-refractivity contribution < 1.29 is 4.42 Å². The van der Waals surface area contributed by atoms with Crippen LogP contribution in [0, 0.1) is 0 Å². The van der Waals surface area contributed by atoms with Crippen LogP contribution < -0.4 is 5.32 Å². The van der Waals surface area contributed by atoms with Gasteiger partial charge in [-0.2, -0.15) is 0 Å². The van der Waals surface area contributed by atoms with Gasteiger partial charge in [0.1, 0.15) is 5.76 Å². The number of furan rings is 1. The Morgan fingerprint density at radius 1 is 1.39 bits per heavy atom. The first-order valence-electron chi connectivity index (χ1n) is 6.67. The first-order chi connectivity index (χ1) is 8.52. The smallest absolute Gasteiger partial charge is 0.118 e. The molecule has 0 spiro atoms. The molecule has 0 aliphatic heterocycles. The normalized spacial score (nSPS) is 11.7. The maximum Gasteiger partial charge on any atom is 0.118 e. The first kappa shape index (κ1) is 15.0. The van der Waals surface area contributed by atoms with Crippen LogP contribution in [0.4, 0.5) is 0 Å². The Morgan fingerprint density at radius 2 is 2.11 bits per heavy atom. The Bertz CT molecular complexity index is 355. The van der Waals surface area contributed by atoms with E-state index >= 15 is 0 Å². The molecule has 18 heavy (non-hydrogen) atoms. The summed E-state index contributed by atoms with van der Waals surface area (Å²) in [5.41, 5.74) is 1.21. The molecule has 0 atom stereocenters. The monoisotopic (exact) mass is 250 g/mol. The van der Waals surface area contributed by atoms with Crippen molar-refractivity contribution in [3.8, 4) is 0 Å². The minimum Gasteiger partial charge on any atom is -0.468 e. The summed E-state index contributed by atoms with van der Waals surface area (Å²) in [6.45, 7) is 15.1. The van der Waals surface area contributed by atoms with Crippen LogP contribution in [0.5, 0.6) is 0 Å². The zero-order valence-corrected chi connectivity index (χ0v) is 12.1. The van der Waals surface area contributed by atoms with E-state index in [1.54, 1.807) is 0 Å². The van der Waals surface area contributed by atoms with Crippen LogP contribution in [0.1, 0.15) is 39.0 Å². The van der Waals surface area contributed by atoms with E-state index in [0.717, 1.165) is 25.4 Å². The van der Waals surface area contributed by atoms with Crippen molar-refractivity contribution >= 4 is 0 Å². The van der Waals surface area contributed by atoms with E-state index in [0.29, 0.717) is 12.1 Å². The van der Waals surface area contributed by atoms with Crippen molar-refractivity contribution in [2.45, 2.75) is 52.9 Å². The van der Waals surface area contributed by atoms with E-state index in [4.69, 9.17) is 4.42 Å². The molecule has 1 aromatic heterocycles. The molecular weight excluding hydrogens is 224 g/mol. The fraction of sp³-hybridized carbons (Fsp3) is 0.600. The number of hydrogen-bond acceptors (Lipinski definition) is 3. The molecule has 1 N–H and O–H groups in total. The number of nitrogens with zero attached hydrogens (tertiary/aromatic N) is 1. The van der Waals surface area contributed by atoms with Gasteiger partial charge in [0.2, 0.25) is 0 Å². The van der Waals surface area contributed by atoms with Gasteiger partial charge in [-0.15, -0.1) is 6.58 Å². The molecular formula is C15H26N2O. The molecule has 0 aliphatic rings. The highest BCUT2D eigenvalue weighted by atomic mass is 16.3. The molecule has 0 radical (unpaired) electrons. The van der Waals surface area contributed by atoms with E-state index in [1.807, 2.05) is 12.3 Å². The van der Waals surface area contributed by atoms with Crippen molar-refractivity contribution in [1.82, 2.24) is 10.2 Å². The zero-order valence-electron chi connectivity index (χ0n) is 12.1. The van der Waals surface area contributed by atoms with Gasteiger partial charge < -0.3 is 9.73 Å². The second-order valence-corrected chi connectivity index (χ2v) is 5.27. The van der Waals surface area contributed by atoms with Crippen LogP contribution in [-0.4, -0.2) is 23.5 Å². The highest BCUT2D eigenvalue weighted by molar-refractivity contribution is 5.13. The summed E-state index contributed by atoms with van der Waals surface area (Å²) in [5.74, 6) is 1.02. The second-order valence-electron chi connectivity index (χ2n) is 5.27. The van der Waals surface area contributed by atoms with Gasteiger partial charge in [-0.05, 0) is 19.9 Å². The molecule has 0 aliphatic carbocycles. The van der Waals surface area contributed by atoms with Crippen LogP contribution >= 0.6 is 0 Å². The Hall–Kier alpha value is -1.06. The van der Waals surface area contributed by atoms with Crippen LogP contribution in [0.15, 0.2) is 29.4 Å². The topological polar surface area (TPSA) is 28.4 Å². The molecule has 0 saturated carbocycles. The van der Waals surface area contributed by atoms with Crippen molar-refractivity contribution in [3.63, 3.8) is 0 Å². The largest absolute Gasteiger partial charge is 0.468 e. The highest BCUT2D eigenvalue weighted by Crippen LogP contribution is 2.12. The first-order valence-corrected chi connectivity index (χ1v) is 6.67. The predicted molar refractivity (Wildman–Crippen MR) is 76.4 cm³/mol. The quantitative estimate of drug-likeness (QED) is 0.718. The van der Waals surface area contributed by atoms with Crippen molar-refractivity contribution in [3.05, 3.63) is 36.3 Å². The van der Waals surface area contributed by atoms with E-state index in [1.165, 1.54) is 5.56 Å². The van der Waals surface area contributed by atoms with Crippen LogP contribution in [0.2, 0.25) is 0 Å². The van der Waals surface area contributed by atoms with Gasteiger partial charge in [0.05, 0.1) is 12.8 Å². The molecule has 1 heterocycles. The molecule has 0 saturated heterocycles. The maximum absolute atomic E-state index is 5.61. The minimum absolute atomic E-state index is 0.491. The van der Waals surface area contributed by atoms with Gasteiger partial charge in [-0.1, -0.05) is 19.9 Å². The molecule has 1 aromatic rings. The molecule has 102 valence electrons. The summed E-state index contributed by atoms with van der Waals surface area (Å²) in [5, 5.41) is 3.39. The third-order valence-corrected chi connectivity index (χ3v) is 2.88. The van der Waals surface area contributed by atoms with E-state index in [2.05, 4.69) is 50.6 Å². The Balaban J connectivity index is 2.53. The van der Waals surface area contributed by atoms with E-state index < -0.39 is 0 Å². The summed E-state index contributed by atoms with van der Waals surface area (Å²) in [6, 6.07) is 3.12. The van der Waals surface area contributed by atoms with Gasteiger partial charge in [0.15, 0.2) is 0 Å². The minimum atomic E-state index is 0.491. The van der Waals surface area contributed by atoms with Crippen molar-refractivity contribution in [2.24, 2.45) is 0 Å². The van der Waals surface area contributed by atoms with E-state index in [-0.39, 0.29) is 0 Å². The molecule has 0 unspecified atom stereocenters. The lowest BCUT2D eigenvalue weighted by Gasteiger charge is -2.23. The van der Waals surface area contributed by atoms with Crippen LogP contribution in [-0.2, 0) is 13.1 Å². The van der Waals surface area contributed by atoms with Gasteiger partial charge in [0, 0.05) is 30.7 Å². The van der Waals surface area contributed by atoms with Gasteiger partial charge in [-0.25, -0.2) is 0 Å². The average Bonchev–Trinajstić information content (AvgIpc) is 2.73. The van der Waals surface area contributed by atoms with E-state index in [9.17, 15) is 0 Å². The SMILES string of the molecule is C=CCN(Cc1cc(CNC(C)C)co1)C(C)C. The average molecular weight is 250 g/mol. The zero-order chi connectivity index (χ0) is 13.5. The third kappa shape index (κ3) is 5.07. The summed E-state index contributed by atoms with van der Waals surface area (Å²) in [7, 11) is 0. The van der Waals surface area contributed by atoms with Crippen molar-refractivity contribution in [2.75, 3.05) is 6.54 Å². The van der Waals surface area contributed by atoms with Gasteiger partial charge in [-0.3, -0.25) is 4.90 Å². The molecule has 1 rings (SSSR count). The summed E-state index contributed by atoms with van der Waals surface area (Å²) in [4.78, 5) is 2.32. The second kappa shape index (κ2) is 7.39. The Labute approximate surface area is 111 Å². The fourth-order valence-corrected chi connectivity index (χ4v) is 1.75. The Kier molecular flexibility index (Phi) is 6.16. The van der Waals surface area contributed by atoms with Gasteiger partial charge >= 0.3 is 0 Å². The number of hydrogen-bond donors (Lipinski definition) is 1. The maximum atomic E-state index is 5.61. The van der Waals surface area contributed by atoms with Crippen LogP contribution in [0.3, 0.4) is 0 Å². The highest BCUT2D eigenvalue weighted by Gasteiger charge is 2.11. The molecule has 0 amide bonds. The lowest BCUT2D eigenvalue weighted by atomic mass is 10.2. The standard InChI is InChI=1S/C15H26N2O/c1-6-7-17(13(4)5)10-15-8-14(11-18-15)9-16-12(2)3/h6,8,11-13,16H,1,7,9-10H2,2-5H3. The number of rotatable bonds is 8. The lowest BCUT2D eigenvalue weighted by Crippen LogP contribution is -2.30. The summed E-state index contributed by atoms with van der Waals surface area (Å²) >= 11 is 0. The lowest BCUT2D eigenvalue weighted by molar-refractivity contribution is 0.218. The van der Waals surface area contributed by atoms with Crippen LogP contribution in [0.25, 0.3) is 0 Å². The molecule has 0 bridgehead atoms. The molecule has 0 aromatic carbocycles. The molecule has 3 nitrogen and oxygen atoms in total. The summed E-state index contributed by atoms with van der Waals surface area (Å²) < 4.78 is 5.61. The molecule has 0 fully saturated rings.